The molecule has 0 fully saturated rings. The molecule has 0 heterocycles. The van der Waals surface area contributed by atoms with E-state index < -0.39 is 8.80 Å². The molecule has 0 aromatic heterocycles. The fourth-order valence-corrected chi connectivity index (χ4v) is 10.7. The van der Waals surface area contributed by atoms with Crippen molar-refractivity contribution in [1.82, 2.24) is 0 Å². The van der Waals surface area contributed by atoms with Crippen molar-refractivity contribution in [3.05, 3.63) is 0 Å². The Balaban J connectivity index is 3.69. The van der Waals surface area contributed by atoms with E-state index in [0.717, 1.165) is 0 Å². The first-order valence-corrected chi connectivity index (χ1v) is 14.3. The van der Waals surface area contributed by atoms with E-state index in [9.17, 15) is 0 Å². The monoisotopic (exact) mass is 348 g/mol. The zero-order valence-electron chi connectivity index (χ0n) is 15.0. The van der Waals surface area contributed by atoms with E-state index in [2.05, 4.69) is 44.3 Å². The maximum absolute atomic E-state index is 2.32. The Labute approximate surface area is 145 Å². The van der Waals surface area contributed by atoms with Gasteiger partial charge in [-0.1, -0.05) is 78.2 Å². The molecular formula is C18H40S2Si. The molecule has 0 aliphatic heterocycles. The van der Waals surface area contributed by atoms with Gasteiger partial charge >= 0.3 is 0 Å². The van der Waals surface area contributed by atoms with Crippen molar-refractivity contribution in [1.29, 1.82) is 0 Å². The summed E-state index contributed by atoms with van der Waals surface area (Å²) in [5.74, 6) is 2.85. The first-order valence-electron chi connectivity index (χ1n) is 9.50. The van der Waals surface area contributed by atoms with E-state index in [0.29, 0.717) is 0 Å². The summed E-state index contributed by atoms with van der Waals surface area (Å²) in [7, 11) is -0.454. The number of thioether (sulfide) groups is 2. The highest BCUT2D eigenvalue weighted by molar-refractivity contribution is 8.02. The molecule has 0 aromatic rings. The molecule has 0 atom stereocenters. The van der Waals surface area contributed by atoms with E-state index in [1.807, 2.05) is 0 Å². The summed E-state index contributed by atoms with van der Waals surface area (Å²) in [6.07, 6.45) is 14.3. The minimum atomic E-state index is -0.454. The van der Waals surface area contributed by atoms with Crippen LogP contribution >= 0.6 is 23.5 Å². The van der Waals surface area contributed by atoms with E-state index in [1.165, 1.54) is 75.7 Å². The summed E-state index contributed by atoms with van der Waals surface area (Å²) in [5, 5.41) is 3.10. The molecule has 0 spiro atoms. The van der Waals surface area contributed by atoms with Crippen molar-refractivity contribution in [2.75, 3.05) is 22.3 Å². The van der Waals surface area contributed by atoms with Gasteiger partial charge in [0.25, 0.3) is 0 Å². The smallest absolute Gasteiger partial charge is 0.0587 e. The van der Waals surface area contributed by atoms with Gasteiger partial charge in [0.2, 0.25) is 0 Å². The molecule has 0 unspecified atom stereocenters. The lowest BCUT2D eigenvalue weighted by molar-refractivity contribution is 0.698. The van der Waals surface area contributed by atoms with Crippen LogP contribution in [0, 0.1) is 0 Å². The molecule has 0 aliphatic carbocycles. The minimum absolute atomic E-state index is 0.454. The Hall–Kier alpha value is 0.917. The van der Waals surface area contributed by atoms with Crippen molar-refractivity contribution in [3.63, 3.8) is 0 Å². The van der Waals surface area contributed by atoms with Gasteiger partial charge in [0.1, 0.15) is 0 Å². The van der Waals surface area contributed by atoms with Gasteiger partial charge in [0.15, 0.2) is 0 Å². The van der Waals surface area contributed by atoms with Crippen LogP contribution in [0.2, 0.25) is 6.04 Å². The topological polar surface area (TPSA) is 0 Å². The van der Waals surface area contributed by atoms with E-state index in [-0.39, 0.29) is 0 Å². The van der Waals surface area contributed by atoms with Gasteiger partial charge in [0, 0.05) is 0 Å². The molecule has 0 saturated heterocycles. The average molecular weight is 349 g/mol. The van der Waals surface area contributed by atoms with Gasteiger partial charge in [-0.05, 0) is 35.1 Å². The average Bonchev–Trinajstić information content (AvgIpc) is 2.50. The molecule has 21 heavy (non-hydrogen) atoms. The van der Waals surface area contributed by atoms with Gasteiger partial charge in [0.05, 0.1) is 8.80 Å². The highest BCUT2D eigenvalue weighted by Gasteiger charge is 2.10. The molecule has 0 aromatic carbocycles. The largest absolute Gasteiger partial charge is 0.165 e. The fraction of sp³-hybridized carbons (Fsp3) is 1.00. The highest BCUT2D eigenvalue weighted by atomic mass is 32.2. The molecule has 0 radical (unpaired) electrons. The summed E-state index contributed by atoms with van der Waals surface area (Å²) in [6.45, 7) is 6.94. The normalized spacial score (nSPS) is 11.4. The summed E-state index contributed by atoms with van der Waals surface area (Å²) in [4.78, 5) is 0. The second kappa shape index (κ2) is 19.0. The van der Waals surface area contributed by atoms with E-state index in [4.69, 9.17) is 0 Å². The van der Waals surface area contributed by atoms with Gasteiger partial charge in [-0.25, -0.2) is 0 Å². The molecule has 0 saturated carbocycles. The van der Waals surface area contributed by atoms with Crippen molar-refractivity contribution in [2.45, 2.75) is 91.0 Å². The van der Waals surface area contributed by atoms with Crippen molar-refractivity contribution in [3.8, 4) is 0 Å². The van der Waals surface area contributed by atoms with Crippen LogP contribution in [0.25, 0.3) is 0 Å². The molecule has 3 heteroatoms. The first-order chi connectivity index (χ1) is 10.3. The maximum Gasteiger partial charge on any atom is 0.0587 e. The fourth-order valence-electron chi connectivity index (χ4n) is 2.48. The molecular weight excluding hydrogens is 308 g/mol. The van der Waals surface area contributed by atoms with Crippen LogP contribution in [0.4, 0.5) is 0 Å². The zero-order chi connectivity index (χ0) is 15.6. The summed E-state index contributed by atoms with van der Waals surface area (Å²) < 4.78 is 0. The Morgan fingerprint density at radius 1 is 0.571 bits per heavy atom. The second-order valence-electron chi connectivity index (χ2n) is 6.28. The zero-order valence-corrected chi connectivity index (χ0v) is 17.8. The molecule has 0 nitrogen and oxygen atoms in total. The van der Waals surface area contributed by atoms with Crippen molar-refractivity contribution in [2.24, 2.45) is 0 Å². The Morgan fingerprint density at radius 3 is 1.52 bits per heavy atom. The van der Waals surface area contributed by atoms with Gasteiger partial charge < -0.3 is 0 Å². The molecule has 0 amide bonds. The van der Waals surface area contributed by atoms with E-state index >= 15 is 0 Å². The third-order valence-corrected chi connectivity index (χ3v) is 12.0. The Morgan fingerprint density at radius 2 is 1.05 bits per heavy atom. The predicted octanol–water partition coefficient (Wildman–Crippen LogP) is 6.72. The number of unbranched alkanes of at least 4 members (excludes halogenated alkanes) is 7. The highest BCUT2D eigenvalue weighted by Crippen LogP contribution is 2.17. The van der Waals surface area contributed by atoms with Crippen LogP contribution in [0.15, 0.2) is 0 Å². The van der Waals surface area contributed by atoms with Crippen LogP contribution in [-0.2, 0) is 0 Å². The van der Waals surface area contributed by atoms with Crippen molar-refractivity contribution >= 4 is 32.3 Å². The number of rotatable bonds is 17. The molecule has 0 N–H and O–H groups in total. The summed E-state index contributed by atoms with van der Waals surface area (Å²) in [6, 6.07) is 1.61. The second-order valence-corrected chi connectivity index (χ2v) is 12.9. The van der Waals surface area contributed by atoms with Crippen LogP contribution in [-0.4, -0.2) is 31.1 Å². The standard InChI is InChI=1S/C18H40S2Si/c1-4-7-10-13-16-21(17-19-14-11-8-5-2)18-20-15-12-9-6-3/h21H,4-18H2,1-3H3. The third kappa shape index (κ3) is 17.1. The Kier molecular flexibility index (Phi) is 19.8. The minimum Gasteiger partial charge on any atom is -0.165 e. The summed E-state index contributed by atoms with van der Waals surface area (Å²) >= 11 is 4.56. The molecule has 0 rings (SSSR count). The first kappa shape index (κ1) is 21.9. The van der Waals surface area contributed by atoms with Gasteiger partial charge in [-0.2, -0.15) is 23.5 Å². The predicted molar refractivity (Wildman–Crippen MR) is 110 cm³/mol. The van der Waals surface area contributed by atoms with Crippen LogP contribution < -0.4 is 0 Å². The molecule has 128 valence electrons. The summed E-state index contributed by atoms with van der Waals surface area (Å²) in [5.41, 5.74) is 0. The number of hydrogen-bond acceptors (Lipinski definition) is 2. The lowest BCUT2D eigenvalue weighted by atomic mass is 10.2. The maximum atomic E-state index is 2.32. The van der Waals surface area contributed by atoms with Crippen molar-refractivity contribution < 1.29 is 0 Å². The lowest BCUT2D eigenvalue weighted by Crippen LogP contribution is -2.21. The van der Waals surface area contributed by atoms with E-state index in [1.54, 1.807) is 16.8 Å². The SMILES string of the molecule is CCCCCC[SiH](CSCCCCC)CSCCCCC. The third-order valence-electron chi connectivity index (χ3n) is 3.96. The van der Waals surface area contributed by atoms with Gasteiger partial charge in [-0.15, -0.1) is 0 Å². The Bertz CT molecular complexity index is 174. The molecule has 0 aliphatic rings. The quantitative estimate of drug-likeness (QED) is 0.211. The van der Waals surface area contributed by atoms with Crippen LogP contribution in [0.3, 0.4) is 0 Å². The van der Waals surface area contributed by atoms with Gasteiger partial charge in [-0.3, -0.25) is 0 Å². The van der Waals surface area contributed by atoms with Crippen LogP contribution in [0.5, 0.6) is 0 Å². The number of hydrogen-bond donors (Lipinski definition) is 0. The van der Waals surface area contributed by atoms with Crippen LogP contribution in [0.1, 0.15) is 85.0 Å². The molecule has 0 bridgehead atoms. The lowest BCUT2D eigenvalue weighted by Gasteiger charge is -2.15.